The van der Waals surface area contributed by atoms with Gasteiger partial charge in [-0.3, -0.25) is 4.79 Å². The number of nitrogens with zero attached hydrogens (tertiary/aromatic N) is 5. The molecule has 1 saturated heterocycles. The number of aromatic nitrogens is 4. The van der Waals surface area contributed by atoms with Crippen molar-refractivity contribution in [3.05, 3.63) is 18.1 Å². The molecule has 4 rings (SSSR count). The Kier molecular flexibility index (Phi) is 3.20. The van der Waals surface area contributed by atoms with Crippen molar-refractivity contribution in [2.45, 2.75) is 38.6 Å². The van der Waals surface area contributed by atoms with Gasteiger partial charge in [-0.05, 0) is 38.7 Å². The first-order valence-corrected chi connectivity index (χ1v) is 7.94. The zero-order valence-electron chi connectivity index (χ0n) is 12.7. The van der Waals surface area contributed by atoms with Gasteiger partial charge in [0.2, 0.25) is 11.6 Å². The summed E-state index contributed by atoms with van der Waals surface area (Å²) >= 11 is 0. The van der Waals surface area contributed by atoms with Crippen molar-refractivity contribution in [1.29, 1.82) is 0 Å². The zero-order valence-corrected chi connectivity index (χ0v) is 12.7. The first-order chi connectivity index (χ1) is 10.7. The number of fused-ring (bicyclic) bond motifs is 1. The maximum atomic E-state index is 12.1. The molecule has 1 N–H and O–H groups in total. The monoisotopic (exact) mass is 300 g/mol. The molecule has 1 aliphatic carbocycles. The second-order valence-corrected chi connectivity index (χ2v) is 6.32. The van der Waals surface area contributed by atoms with Crippen LogP contribution < -0.4 is 5.32 Å². The lowest BCUT2D eigenvalue weighted by atomic mass is 10.0. The lowest BCUT2D eigenvalue weighted by molar-refractivity contribution is -0.133. The summed E-state index contributed by atoms with van der Waals surface area (Å²) in [5, 5.41) is 15.9. The van der Waals surface area contributed by atoms with Gasteiger partial charge in [-0.25, -0.2) is 0 Å². The van der Waals surface area contributed by atoms with Crippen molar-refractivity contribution >= 4 is 17.2 Å². The van der Waals surface area contributed by atoms with Gasteiger partial charge in [-0.15, -0.1) is 10.2 Å². The second kappa shape index (κ2) is 5.23. The van der Waals surface area contributed by atoms with Gasteiger partial charge < -0.3 is 10.2 Å². The summed E-state index contributed by atoms with van der Waals surface area (Å²) in [6.07, 6.45) is 5.72. The number of piperidine rings is 1. The molecule has 2 aliphatic rings. The number of anilines is 1. The first kappa shape index (κ1) is 13.5. The predicted octanol–water partition coefficient (Wildman–Crippen LogP) is 1.25. The van der Waals surface area contributed by atoms with E-state index in [1.165, 1.54) is 0 Å². The van der Waals surface area contributed by atoms with E-state index >= 15 is 0 Å². The molecule has 3 heterocycles. The summed E-state index contributed by atoms with van der Waals surface area (Å²) in [6, 6.07) is 2.37. The number of hydrogen-bond donors (Lipinski definition) is 1. The van der Waals surface area contributed by atoms with Crippen molar-refractivity contribution in [3.8, 4) is 0 Å². The molecule has 0 unspecified atom stereocenters. The van der Waals surface area contributed by atoms with Crippen LogP contribution in [0.4, 0.5) is 5.69 Å². The Bertz CT molecular complexity index is 699. The number of carbonyl (C=O) groups excluding carboxylic acids is 1. The molecule has 2 fully saturated rings. The van der Waals surface area contributed by atoms with Crippen LogP contribution in [0.3, 0.4) is 0 Å². The Hall–Kier alpha value is -2.18. The summed E-state index contributed by atoms with van der Waals surface area (Å²) in [5.74, 6) is 0.682. The van der Waals surface area contributed by atoms with Crippen molar-refractivity contribution in [1.82, 2.24) is 24.7 Å². The van der Waals surface area contributed by atoms with Gasteiger partial charge in [0, 0.05) is 25.0 Å². The Labute approximate surface area is 128 Å². The average Bonchev–Trinajstić information content (AvgIpc) is 3.26. The van der Waals surface area contributed by atoms with Crippen LogP contribution in [0.15, 0.2) is 12.4 Å². The van der Waals surface area contributed by atoms with Gasteiger partial charge >= 0.3 is 0 Å². The summed E-state index contributed by atoms with van der Waals surface area (Å²) in [6.45, 7) is 3.65. The summed E-state index contributed by atoms with van der Waals surface area (Å²) in [5.41, 5.74) is 2.65. The number of rotatable bonds is 3. The summed E-state index contributed by atoms with van der Waals surface area (Å²) < 4.78 is 1.70. The molecular formula is C15H20N6O. The highest BCUT2D eigenvalue weighted by Crippen LogP contribution is 2.32. The van der Waals surface area contributed by atoms with Crippen LogP contribution in [0, 0.1) is 12.8 Å². The Morgan fingerprint density at radius 2 is 2.05 bits per heavy atom. The van der Waals surface area contributed by atoms with Gasteiger partial charge in [-0.1, -0.05) is 0 Å². The molecule has 0 aromatic carbocycles. The van der Waals surface area contributed by atoms with E-state index in [1.54, 1.807) is 10.8 Å². The second-order valence-electron chi connectivity index (χ2n) is 6.32. The van der Waals surface area contributed by atoms with Crippen molar-refractivity contribution in [2.24, 2.45) is 5.92 Å². The molecule has 1 saturated carbocycles. The van der Waals surface area contributed by atoms with E-state index in [9.17, 15) is 4.79 Å². The van der Waals surface area contributed by atoms with E-state index in [0.717, 1.165) is 55.8 Å². The van der Waals surface area contributed by atoms with Crippen molar-refractivity contribution in [3.63, 3.8) is 0 Å². The zero-order chi connectivity index (χ0) is 15.1. The molecule has 22 heavy (non-hydrogen) atoms. The third kappa shape index (κ3) is 2.51. The van der Waals surface area contributed by atoms with E-state index < -0.39 is 0 Å². The molecular weight excluding hydrogens is 280 g/mol. The molecule has 116 valence electrons. The molecule has 0 radical (unpaired) electrons. The minimum atomic E-state index is 0.322. The van der Waals surface area contributed by atoms with Gasteiger partial charge in [0.15, 0.2) is 0 Å². The van der Waals surface area contributed by atoms with Gasteiger partial charge in [-0.2, -0.15) is 9.61 Å². The van der Waals surface area contributed by atoms with Gasteiger partial charge in [0.25, 0.3) is 0 Å². The predicted molar refractivity (Wildman–Crippen MR) is 81.5 cm³/mol. The standard InChI is InChI=1S/C15H20N6O/c1-10-8-13(14-18-16-9-21(14)19-10)17-12-4-6-20(7-5-12)15(22)11-2-3-11/h8-9,11-12,17H,2-7H2,1H3. The van der Waals surface area contributed by atoms with Crippen molar-refractivity contribution in [2.75, 3.05) is 18.4 Å². The lowest BCUT2D eigenvalue weighted by Gasteiger charge is -2.33. The number of aryl methyl sites for hydroxylation is 1. The lowest BCUT2D eigenvalue weighted by Crippen LogP contribution is -2.43. The Morgan fingerprint density at radius 3 is 2.77 bits per heavy atom. The normalized spacial score (nSPS) is 19.6. The number of nitrogens with one attached hydrogen (secondary N) is 1. The first-order valence-electron chi connectivity index (χ1n) is 7.94. The smallest absolute Gasteiger partial charge is 0.225 e. The van der Waals surface area contributed by atoms with E-state index in [1.807, 2.05) is 17.9 Å². The summed E-state index contributed by atoms with van der Waals surface area (Å²) in [7, 11) is 0. The molecule has 0 atom stereocenters. The van der Waals surface area contributed by atoms with E-state index in [2.05, 4.69) is 20.6 Å². The molecule has 7 heteroatoms. The molecule has 2 aromatic rings. The molecule has 0 bridgehead atoms. The van der Waals surface area contributed by atoms with Crippen LogP contribution in [0.2, 0.25) is 0 Å². The van der Waals surface area contributed by atoms with Crippen molar-refractivity contribution < 1.29 is 4.79 Å². The third-order valence-corrected chi connectivity index (χ3v) is 4.48. The Morgan fingerprint density at radius 1 is 1.27 bits per heavy atom. The maximum absolute atomic E-state index is 12.1. The highest BCUT2D eigenvalue weighted by atomic mass is 16.2. The third-order valence-electron chi connectivity index (χ3n) is 4.48. The summed E-state index contributed by atoms with van der Waals surface area (Å²) in [4.78, 5) is 14.1. The number of carbonyl (C=O) groups is 1. The SMILES string of the molecule is Cc1cc(NC2CCN(C(=O)C3CC3)CC2)c2nncn2n1. The van der Waals surface area contributed by atoms with E-state index in [-0.39, 0.29) is 0 Å². The average molecular weight is 300 g/mol. The highest BCUT2D eigenvalue weighted by molar-refractivity contribution is 5.81. The topological polar surface area (TPSA) is 75.4 Å². The fourth-order valence-corrected chi connectivity index (χ4v) is 3.11. The van der Waals surface area contributed by atoms with Crippen LogP contribution in [0.25, 0.3) is 5.65 Å². The van der Waals surface area contributed by atoms with E-state index in [0.29, 0.717) is 17.9 Å². The number of likely N-dealkylation sites (tertiary alicyclic amines) is 1. The molecule has 7 nitrogen and oxygen atoms in total. The maximum Gasteiger partial charge on any atom is 0.225 e. The quantitative estimate of drug-likeness (QED) is 0.923. The van der Waals surface area contributed by atoms with Gasteiger partial charge in [0.05, 0.1) is 11.4 Å². The van der Waals surface area contributed by atoms with Crippen LogP contribution >= 0.6 is 0 Å². The minimum absolute atomic E-state index is 0.322. The van der Waals surface area contributed by atoms with Crippen LogP contribution in [0.5, 0.6) is 0 Å². The fourth-order valence-electron chi connectivity index (χ4n) is 3.11. The highest BCUT2D eigenvalue weighted by Gasteiger charge is 2.34. The van der Waals surface area contributed by atoms with Crippen LogP contribution in [-0.4, -0.2) is 49.7 Å². The van der Waals surface area contributed by atoms with Crippen LogP contribution in [-0.2, 0) is 4.79 Å². The number of hydrogen-bond acceptors (Lipinski definition) is 5. The molecule has 0 spiro atoms. The molecule has 1 aliphatic heterocycles. The molecule has 1 amide bonds. The fraction of sp³-hybridized carbons (Fsp3) is 0.600. The van der Waals surface area contributed by atoms with E-state index in [4.69, 9.17) is 0 Å². The van der Waals surface area contributed by atoms with Crippen LogP contribution in [0.1, 0.15) is 31.4 Å². The minimum Gasteiger partial charge on any atom is -0.379 e. The molecule has 2 aromatic heterocycles. The largest absolute Gasteiger partial charge is 0.379 e. The van der Waals surface area contributed by atoms with Gasteiger partial charge in [0.1, 0.15) is 6.33 Å². The number of amides is 1. The Balaban J connectivity index is 1.43.